The minimum Gasteiger partial charge on any atom is -0.321 e. The zero-order valence-corrected chi connectivity index (χ0v) is 18.6. The molecule has 0 fully saturated rings. The number of thiophene rings is 1. The van der Waals surface area contributed by atoms with Gasteiger partial charge in [0.05, 0.1) is 9.77 Å². The molecule has 1 aliphatic rings. The summed E-state index contributed by atoms with van der Waals surface area (Å²) in [5, 5.41) is 3.21. The molecule has 1 amide bonds. The van der Waals surface area contributed by atoms with Crippen LogP contribution in [-0.2, 0) is 10.0 Å². The number of aliphatic imine (C=N–C) groups is 1. The average molecular weight is 460 g/mol. The highest BCUT2D eigenvalue weighted by Gasteiger charge is 2.19. The number of nitrogens with one attached hydrogen (secondary N) is 2. The number of fused-ring (bicyclic) bond motifs is 1. The first-order valence-electron chi connectivity index (χ1n) is 10.0. The van der Waals surface area contributed by atoms with Crippen LogP contribution >= 0.6 is 11.3 Å². The highest BCUT2D eigenvalue weighted by atomic mass is 32.2. The molecule has 0 spiro atoms. The molecule has 2 heterocycles. The van der Waals surface area contributed by atoms with E-state index in [1.54, 1.807) is 19.1 Å². The number of amides is 1. The Labute approximate surface area is 184 Å². The van der Waals surface area contributed by atoms with Gasteiger partial charge in [-0.1, -0.05) is 12.5 Å². The Morgan fingerprint density at radius 1 is 1.10 bits per heavy atom. The van der Waals surface area contributed by atoms with Crippen molar-refractivity contribution in [1.82, 2.24) is 4.72 Å². The second-order valence-corrected chi connectivity index (χ2v) is 10.1. The lowest BCUT2D eigenvalue weighted by molar-refractivity contribution is 0.103. The number of amidine groups is 1. The van der Waals surface area contributed by atoms with E-state index in [0.29, 0.717) is 45.0 Å². The van der Waals surface area contributed by atoms with Gasteiger partial charge in [0.25, 0.3) is 15.9 Å². The van der Waals surface area contributed by atoms with E-state index in [1.807, 2.05) is 0 Å². The van der Waals surface area contributed by atoms with Gasteiger partial charge in [-0.25, -0.2) is 12.8 Å². The van der Waals surface area contributed by atoms with Crippen molar-refractivity contribution in [3.05, 3.63) is 58.7 Å². The second-order valence-electron chi connectivity index (χ2n) is 7.39. The van der Waals surface area contributed by atoms with Crippen molar-refractivity contribution in [2.45, 2.75) is 37.5 Å². The van der Waals surface area contributed by atoms with E-state index in [-0.39, 0.29) is 16.6 Å². The van der Waals surface area contributed by atoms with Gasteiger partial charge in [-0.05, 0) is 61.7 Å². The normalized spacial score (nSPS) is 14.7. The van der Waals surface area contributed by atoms with Gasteiger partial charge in [0.1, 0.15) is 11.7 Å². The first-order valence-corrected chi connectivity index (χ1v) is 12.3. The first-order chi connectivity index (χ1) is 14.8. The Bertz CT molecular complexity index is 1270. The number of hydrogen-bond donors (Lipinski definition) is 2. The Kier molecular flexibility index (Phi) is 6.06. The molecule has 0 saturated heterocycles. The standard InChI is InChI=1S/C22H22FN3O3S2/c1-14-20-17(23)6-5-7-18(20)30-21(14)22(27)25-15-9-11-16(12-10-15)31(28,29)26-19-8-3-2-4-13-24-19/h5-7,9-12H,2-4,8,13H2,1H3,(H,24,26)(H,25,27). The van der Waals surface area contributed by atoms with Crippen LogP contribution in [0.1, 0.15) is 40.9 Å². The maximum atomic E-state index is 14.1. The highest BCUT2D eigenvalue weighted by Crippen LogP contribution is 2.33. The second kappa shape index (κ2) is 8.76. The Morgan fingerprint density at radius 3 is 2.61 bits per heavy atom. The zero-order valence-electron chi connectivity index (χ0n) is 16.9. The first kappa shape index (κ1) is 21.5. The van der Waals surface area contributed by atoms with Crippen LogP contribution in [0.2, 0.25) is 0 Å². The number of halogens is 1. The Hall–Kier alpha value is -2.78. The van der Waals surface area contributed by atoms with Crippen LogP contribution in [0.4, 0.5) is 10.1 Å². The molecule has 0 unspecified atom stereocenters. The molecule has 0 aliphatic carbocycles. The summed E-state index contributed by atoms with van der Waals surface area (Å²) in [7, 11) is -3.74. The third kappa shape index (κ3) is 4.62. The molecule has 31 heavy (non-hydrogen) atoms. The van der Waals surface area contributed by atoms with Gasteiger partial charge in [0, 0.05) is 28.7 Å². The van der Waals surface area contributed by atoms with Crippen molar-refractivity contribution >= 4 is 48.9 Å². The summed E-state index contributed by atoms with van der Waals surface area (Å²) >= 11 is 1.22. The fourth-order valence-corrected chi connectivity index (χ4v) is 5.75. The summed E-state index contributed by atoms with van der Waals surface area (Å²) in [5.74, 6) is -0.229. The molecule has 6 nitrogen and oxygen atoms in total. The van der Waals surface area contributed by atoms with Gasteiger partial charge in [0.15, 0.2) is 0 Å². The van der Waals surface area contributed by atoms with Crippen LogP contribution in [0, 0.1) is 12.7 Å². The van der Waals surface area contributed by atoms with Crippen LogP contribution in [0.5, 0.6) is 0 Å². The van der Waals surface area contributed by atoms with Crippen molar-refractivity contribution < 1.29 is 17.6 Å². The van der Waals surface area contributed by atoms with Gasteiger partial charge < -0.3 is 5.32 Å². The largest absolute Gasteiger partial charge is 0.321 e. The molecule has 2 aromatic carbocycles. The number of carbonyl (C=O) groups excluding carboxylic acids is 1. The van der Waals surface area contributed by atoms with Crippen molar-refractivity contribution in [2.24, 2.45) is 4.99 Å². The number of nitrogens with zero attached hydrogens (tertiary/aromatic N) is 1. The topological polar surface area (TPSA) is 87.6 Å². The summed E-state index contributed by atoms with van der Waals surface area (Å²) in [4.78, 5) is 17.5. The van der Waals surface area contributed by atoms with Crippen LogP contribution in [0.15, 0.2) is 52.4 Å². The Morgan fingerprint density at radius 2 is 1.87 bits per heavy atom. The molecule has 0 radical (unpaired) electrons. The molecule has 1 aliphatic heterocycles. The number of rotatable bonds is 4. The quantitative estimate of drug-likeness (QED) is 0.585. The summed E-state index contributed by atoms with van der Waals surface area (Å²) in [6.45, 7) is 2.35. The molecule has 0 atom stereocenters. The van der Waals surface area contributed by atoms with E-state index >= 15 is 0 Å². The van der Waals surface area contributed by atoms with Crippen LogP contribution in [-0.4, -0.2) is 26.7 Å². The third-order valence-electron chi connectivity index (χ3n) is 5.16. The molecule has 0 bridgehead atoms. The van der Waals surface area contributed by atoms with Crippen LogP contribution in [0.25, 0.3) is 10.1 Å². The Balaban J connectivity index is 1.50. The molecular weight excluding hydrogens is 437 g/mol. The molecule has 2 N–H and O–H groups in total. The monoisotopic (exact) mass is 459 g/mol. The number of hydrogen-bond acceptors (Lipinski definition) is 5. The number of aryl methyl sites for hydroxylation is 1. The summed E-state index contributed by atoms with van der Waals surface area (Å²) in [6, 6.07) is 10.7. The van der Waals surface area contributed by atoms with Crippen molar-refractivity contribution in [1.29, 1.82) is 0 Å². The minimum atomic E-state index is -3.74. The minimum absolute atomic E-state index is 0.0950. The maximum absolute atomic E-state index is 14.1. The number of benzene rings is 2. The summed E-state index contributed by atoms with van der Waals surface area (Å²) in [5.41, 5.74) is 1.04. The van der Waals surface area contributed by atoms with Gasteiger partial charge >= 0.3 is 0 Å². The highest BCUT2D eigenvalue weighted by molar-refractivity contribution is 7.90. The molecule has 3 aromatic rings. The van der Waals surface area contributed by atoms with E-state index < -0.39 is 10.0 Å². The lowest BCUT2D eigenvalue weighted by atomic mass is 10.1. The molecule has 0 saturated carbocycles. The molecule has 4 rings (SSSR count). The smallest absolute Gasteiger partial charge is 0.266 e. The number of sulfonamides is 1. The maximum Gasteiger partial charge on any atom is 0.266 e. The predicted molar refractivity (Wildman–Crippen MR) is 122 cm³/mol. The van der Waals surface area contributed by atoms with Crippen molar-refractivity contribution in [3.63, 3.8) is 0 Å². The lowest BCUT2D eigenvalue weighted by Crippen LogP contribution is -2.30. The summed E-state index contributed by atoms with van der Waals surface area (Å²) in [6.07, 6.45) is 3.52. The van der Waals surface area contributed by atoms with E-state index in [2.05, 4.69) is 15.0 Å². The van der Waals surface area contributed by atoms with E-state index in [4.69, 9.17) is 0 Å². The van der Waals surface area contributed by atoms with Gasteiger partial charge in [-0.2, -0.15) is 0 Å². The number of anilines is 1. The van der Waals surface area contributed by atoms with E-state index in [0.717, 1.165) is 19.3 Å². The van der Waals surface area contributed by atoms with Crippen LogP contribution < -0.4 is 10.0 Å². The molecule has 9 heteroatoms. The summed E-state index contributed by atoms with van der Waals surface area (Å²) < 4.78 is 42.6. The van der Waals surface area contributed by atoms with E-state index in [9.17, 15) is 17.6 Å². The lowest BCUT2D eigenvalue weighted by Gasteiger charge is -2.10. The SMILES string of the molecule is Cc1c(C(=O)Nc2ccc(S(=O)(=O)NC3=NCCCCC3)cc2)sc2cccc(F)c12. The van der Waals surface area contributed by atoms with Gasteiger partial charge in [-0.3, -0.25) is 14.5 Å². The molecule has 162 valence electrons. The van der Waals surface area contributed by atoms with Crippen molar-refractivity contribution in [3.8, 4) is 0 Å². The molecular formula is C22H22FN3O3S2. The van der Waals surface area contributed by atoms with Gasteiger partial charge in [0.2, 0.25) is 0 Å². The van der Waals surface area contributed by atoms with Crippen LogP contribution in [0.3, 0.4) is 0 Å². The molecule has 1 aromatic heterocycles. The fraction of sp³-hybridized carbons (Fsp3) is 0.273. The third-order valence-corrected chi connectivity index (χ3v) is 7.81. The fourth-order valence-electron chi connectivity index (χ4n) is 3.55. The predicted octanol–water partition coefficient (Wildman–Crippen LogP) is 4.85. The van der Waals surface area contributed by atoms with Gasteiger partial charge in [-0.15, -0.1) is 11.3 Å². The average Bonchev–Trinajstić information content (AvgIpc) is 2.90. The number of carbonyl (C=O) groups is 1. The van der Waals surface area contributed by atoms with Crippen molar-refractivity contribution in [2.75, 3.05) is 11.9 Å². The van der Waals surface area contributed by atoms with E-state index in [1.165, 1.54) is 41.7 Å². The zero-order chi connectivity index (χ0) is 22.0.